The minimum absolute atomic E-state index is 0.00722. The molecule has 0 amide bonds. The van der Waals surface area contributed by atoms with Gasteiger partial charge < -0.3 is 9.64 Å². The van der Waals surface area contributed by atoms with E-state index >= 15 is 0 Å². The third kappa shape index (κ3) is 6.53. The number of benzene rings is 1. The van der Waals surface area contributed by atoms with Crippen molar-refractivity contribution in [1.82, 2.24) is 9.62 Å². The molecule has 27 heavy (non-hydrogen) atoms. The van der Waals surface area contributed by atoms with Gasteiger partial charge in [-0.2, -0.15) is 0 Å². The maximum Gasteiger partial charge on any atom is 0.240 e. The van der Waals surface area contributed by atoms with Gasteiger partial charge in [0.15, 0.2) is 0 Å². The van der Waals surface area contributed by atoms with Gasteiger partial charge in [0, 0.05) is 17.9 Å². The number of ether oxygens (including phenoxy) is 1. The van der Waals surface area contributed by atoms with Gasteiger partial charge >= 0.3 is 0 Å². The van der Waals surface area contributed by atoms with Crippen LogP contribution in [0, 0.1) is 0 Å². The van der Waals surface area contributed by atoms with Crippen LogP contribution < -0.4 is 4.72 Å². The van der Waals surface area contributed by atoms with Crippen LogP contribution in [-0.2, 0) is 20.1 Å². The van der Waals surface area contributed by atoms with Crippen LogP contribution in [-0.4, -0.2) is 51.7 Å². The van der Waals surface area contributed by atoms with Crippen LogP contribution in [0.5, 0.6) is 0 Å². The van der Waals surface area contributed by atoms with E-state index < -0.39 is 10.0 Å². The van der Waals surface area contributed by atoms with Crippen LogP contribution in [0.1, 0.15) is 50.5 Å². The van der Waals surface area contributed by atoms with E-state index in [9.17, 15) is 8.42 Å². The Kier molecular flexibility index (Phi) is 8.14. The molecule has 152 valence electrons. The SMILES string of the molecule is O=S(=O)(NC1CCC(OCCN2CCCCC2)CC1)c1ccc(CBr)cc1. The summed E-state index contributed by atoms with van der Waals surface area (Å²) in [5, 5.41) is 0.725. The summed E-state index contributed by atoms with van der Waals surface area (Å²) >= 11 is 3.38. The number of piperidine rings is 1. The molecule has 1 saturated carbocycles. The number of hydrogen-bond donors (Lipinski definition) is 1. The number of sulfonamides is 1. The van der Waals surface area contributed by atoms with Crippen LogP contribution in [0.3, 0.4) is 0 Å². The first-order valence-corrected chi connectivity index (χ1v) is 12.7. The average Bonchev–Trinajstić information content (AvgIpc) is 2.70. The van der Waals surface area contributed by atoms with Crippen molar-refractivity contribution in [1.29, 1.82) is 0 Å². The first-order valence-electron chi connectivity index (χ1n) is 10.1. The fourth-order valence-corrected chi connectivity index (χ4v) is 5.60. The summed E-state index contributed by atoms with van der Waals surface area (Å²) in [4.78, 5) is 2.83. The van der Waals surface area contributed by atoms with Gasteiger partial charge in [0.1, 0.15) is 0 Å². The monoisotopic (exact) mass is 458 g/mol. The van der Waals surface area contributed by atoms with E-state index in [1.807, 2.05) is 12.1 Å². The normalized spacial score (nSPS) is 24.8. The summed E-state index contributed by atoms with van der Waals surface area (Å²) < 4.78 is 34.1. The predicted octanol–water partition coefficient (Wildman–Crippen LogP) is 3.67. The fourth-order valence-electron chi connectivity index (χ4n) is 3.92. The summed E-state index contributed by atoms with van der Waals surface area (Å²) in [6.07, 6.45) is 7.78. The highest BCUT2D eigenvalue weighted by Crippen LogP contribution is 2.23. The quantitative estimate of drug-likeness (QED) is 0.603. The molecule has 1 aromatic rings. The van der Waals surface area contributed by atoms with Crippen molar-refractivity contribution < 1.29 is 13.2 Å². The molecule has 0 unspecified atom stereocenters. The number of hydrogen-bond acceptors (Lipinski definition) is 4. The first-order chi connectivity index (χ1) is 13.1. The standard InChI is InChI=1S/C20H31BrN2O3S/c21-16-17-4-10-20(11-5-17)27(24,25)22-18-6-8-19(9-7-18)26-15-14-23-12-2-1-3-13-23/h4-5,10-11,18-19,22H,1-3,6-9,12-16H2. The molecule has 1 N–H and O–H groups in total. The van der Waals surface area contributed by atoms with Crippen LogP contribution >= 0.6 is 15.9 Å². The molecule has 2 aliphatic rings. The van der Waals surface area contributed by atoms with E-state index in [1.54, 1.807) is 12.1 Å². The highest BCUT2D eigenvalue weighted by atomic mass is 79.9. The molecule has 3 rings (SSSR count). The van der Waals surface area contributed by atoms with E-state index in [2.05, 4.69) is 25.6 Å². The molecule has 0 radical (unpaired) electrons. The number of nitrogens with zero attached hydrogens (tertiary/aromatic N) is 1. The zero-order valence-corrected chi connectivity index (χ0v) is 18.3. The highest BCUT2D eigenvalue weighted by molar-refractivity contribution is 9.08. The Morgan fingerprint density at radius 1 is 1.04 bits per heavy atom. The maximum atomic E-state index is 12.6. The van der Waals surface area contributed by atoms with Crippen LogP contribution in [0.25, 0.3) is 0 Å². The lowest BCUT2D eigenvalue weighted by Gasteiger charge is -2.30. The lowest BCUT2D eigenvalue weighted by atomic mass is 9.94. The molecule has 0 bridgehead atoms. The number of halogens is 1. The first kappa shape index (κ1) is 21.2. The van der Waals surface area contributed by atoms with Crippen LogP contribution in [0.15, 0.2) is 29.2 Å². The topological polar surface area (TPSA) is 58.6 Å². The van der Waals surface area contributed by atoms with Gasteiger partial charge in [-0.15, -0.1) is 0 Å². The molecule has 1 saturated heterocycles. The zero-order valence-electron chi connectivity index (χ0n) is 15.9. The summed E-state index contributed by atoms with van der Waals surface area (Å²) in [6, 6.07) is 7.04. The van der Waals surface area contributed by atoms with Crippen molar-refractivity contribution >= 4 is 26.0 Å². The molecule has 1 aliphatic carbocycles. The smallest absolute Gasteiger partial charge is 0.240 e. The van der Waals surface area contributed by atoms with Crippen molar-refractivity contribution in [3.63, 3.8) is 0 Å². The largest absolute Gasteiger partial charge is 0.377 e. The minimum Gasteiger partial charge on any atom is -0.377 e. The van der Waals surface area contributed by atoms with Crippen LogP contribution in [0.2, 0.25) is 0 Å². The Bertz CT molecular complexity index is 667. The lowest BCUT2D eigenvalue weighted by molar-refractivity contribution is 0.0104. The van der Waals surface area contributed by atoms with Gasteiger partial charge in [-0.3, -0.25) is 0 Å². The molecular weight excluding hydrogens is 428 g/mol. The summed E-state index contributed by atoms with van der Waals surface area (Å²) in [7, 11) is -3.45. The van der Waals surface area contributed by atoms with Crippen molar-refractivity contribution in [3.8, 4) is 0 Å². The second-order valence-electron chi connectivity index (χ2n) is 7.65. The van der Waals surface area contributed by atoms with Gasteiger partial charge in [0.05, 0.1) is 17.6 Å². The van der Waals surface area contributed by atoms with E-state index in [1.165, 1.54) is 32.4 Å². The Balaban J connectivity index is 1.39. The second kappa shape index (κ2) is 10.3. The Hall–Kier alpha value is -0.470. The Morgan fingerprint density at radius 3 is 2.33 bits per heavy atom. The fraction of sp³-hybridized carbons (Fsp3) is 0.700. The molecule has 0 spiro atoms. The number of likely N-dealkylation sites (tertiary alicyclic amines) is 1. The molecular formula is C20H31BrN2O3S. The average molecular weight is 459 g/mol. The predicted molar refractivity (Wildman–Crippen MR) is 112 cm³/mol. The number of alkyl halides is 1. The molecule has 5 nitrogen and oxygen atoms in total. The molecule has 0 atom stereocenters. The van der Waals surface area contributed by atoms with Crippen molar-refractivity contribution in [2.24, 2.45) is 0 Å². The van der Waals surface area contributed by atoms with E-state index in [-0.39, 0.29) is 12.1 Å². The third-order valence-corrected chi connectivity index (χ3v) is 7.78. The molecule has 0 aromatic heterocycles. The van der Waals surface area contributed by atoms with Gasteiger partial charge in [-0.05, 0) is 69.3 Å². The van der Waals surface area contributed by atoms with E-state index in [0.29, 0.717) is 4.90 Å². The van der Waals surface area contributed by atoms with Gasteiger partial charge in [-0.1, -0.05) is 34.5 Å². The minimum atomic E-state index is -3.45. The van der Waals surface area contributed by atoms with Crippen molar-refractivity contribution in [3.05, 3.63) is 29.8 Å². The van der Waals surface area contributed by atoms with Crippen molar-refractivity contribution in [2.75, 3.05) is 26.2 Å². The Morgan fingerprint density at radius 2 is 1.70 bits per heavy atom. The van der Waals surface area contributed by atoms with Gasteiger partial charge in [0.2, 0.25) is 10.0 Å². The number of nitrogens with one attached hydrogen (secondary N) is 1. The summed E-state index contributed by atoms with van der Waals surface area (Å²) in [6.45, 7) is 4.22. The molecule has 7 heteroatoms. The molecule has 2 fully saturated rings. The van der Waals surface area contributed by atoms with Gasteiger partial charge in [-0.25, -0.2) is 13.1 Å². The molecule has 1 aliphatic heterocycles. The van der Waals surface area contributed by atoms with Crippen molar-refractivity contribution in [2.45, 2.75) is 67.3 Å². The summed E-state index contributed by atoms with van der Waals surface area (Å²) in [5.74, 6) is 0. The Labute approximate surface area is 172 Å². The lowest BCUT2D eigenvalue weighted by Crippen LogP contribution is -2.39. The zero-order chi connectivity index (χ0) is 19.1. The molecule has 1 aromatic carbocycles. The highest BCUT2D eigenvalue weighted by Gasteiger charge is 2.26. The molecule has 1 heterocycles. The number of rotatable bonds is 8. The van der Waals surface area contributed by atoms with E-state index in [0.717, 1.165) is 49.7 Å². The van der Waals surface area contributed by atoms with Gasteiger partial charge in [0.25, 0.3) is 0 Å². The van der Waals surface area contributed by atoms with Crippen LogP contribution in [0.4, 0.5) is 0 Å². The van der Waals surface area contributed by atoms with E-state index in [4.69, 9.17) is 4.74 Å². The summed E-state index contributed by atoms with van der Waals surface area (Å²) in [5.41, 5.74) is 1.07. The maximum absolute atomic E-state index is 12.6. The third-order valence-electron chi connectivity index (χ3n) is 5.59. The second-order valence-corrected chi connectivity index (χ2v) is 9.92.